The Bertz CT molecular complexity index is 375. The largest absolute Gasteiger partial charge is 0.206 e. The predicted molar refractivity (Wildman–Crippen MR) is 54.4 cm³/mol. The van der Waals surface area contributed by atoms with Crippen LogP contribution in [0.25, 0.3) is 0 Å². The van der Waals surface area contributed by atoms with Crippen LogP contribution in [-0.2, 0) is 6.42 Å². The van der Waals surface area contributed by atoms with Crippen LogP contribution in [0, 0.1) is 30.0 Å². The number of halogens is 1. The summed E-state index contributed by atoms with van der Waals surface area (Å²) in [6.45, 7) is 6.09. The number of nitriles is 1. The summed E-state index contributed by atoms with van der Waals surface area (Å²) in [6.07, 6.45) is 0.890. The standard InChI is InChI=1S/C12H14FN/c1-8(2)4-10-6-11(7-14)12(13)5-9(10)3/h5-6,8H,4H2,1-3H3. The molecule has 0 fully saturated rings. The van der Waals surface area contributed by atoms with E-state index in [1.165, 1.54) is 6.07 Å². The summed E-state index contributed by atoms with van der Waals surface area (Å²) in [7, 11) is 0. The number of hydrogen-bond acceptors (Lipinski definition) is 1. The maximum atomic E-state index is 13.1. The van der Waals surface area contributed by atoms with Crippen LogP contribution in [0.5, 0.6) is 0 Å². The van der Waals surface area contributed by atoms with Crippen LogP contribution >= 0.6 is 0 Å². The first-order valence-electron chi connectivity index (χ1n) is 4.73. The van der Waals surface area contributed by atoms with Crippen molar-refractivity contribution in [3.05, 3.63) is 34.6 Å². The zero-order valence-electron chi connectivity index (χ0n) is 8.76. The topological polar surface area (TPSA) is 23.8 Å². The van der Waals surface area contributed by atoms with Crippen LogP contribution in [-0.4, -0.2) is 0 Å². The lowest BCUT2D eigenvalue weighted by atomic mass is 9.97. The number of rotatable bonds is 2. The van der Waals surface area contributed by atoms with Gasteiger partial charge in [0.1, 0.15) is 11.9 Å². The summed E-state index contributed by atoms with van der Waals surface area (Å²) < 4.78 is 13.1. The van der Waals surface area contributed by atoms with Gasteiger partial charge in [-0.1, -0.05) is 13.8 Å². The molecule has 14 heavy (non-hydrogen) atoms. The highest BCUT2D eigenvalue weighted by molar-refractivity contribution is 5.39. The summed E-state index contributed by atoms with van der Waals surface area (Å²) in [6, 6.07) is 4.96. The molecule has 0 amide bonds. The fraction of sp³-hybridized carbons (Fsp3) is 0.417. The fourth-order valence-electron chi connectivity index (χ4n) is 1.46. The molecule has 1 rings (SSSR count). The van der Waals surface area contributed by atoms with E-state index in [-0.39, 0.29) is 5.56 Å². The third kappa shape index (κ3) is 2.32. The average Bonchev–Trinajstić information content (AvgIpc) is 2.09. The Morgan fingerprint density at radius 2 is 2.07 bits per heavy atom. The Hall–Kier alpha value is -1.36. The number of benzene rings is 1. The summed E-state index contributed by atoms with van der Waals surface area (Å²) in [5, 5.41) is 8.68. The molecule has 0 bridgehead atoms. The van der Waals surface area contributed by atoms with Crippen molar-refractivity contribution in [2.75, 3.05) is 0 Å². The van der Waals surface area contributed by atoms with Crippen molar-refractivity contribution in [2.45, 2.75) is 27.2 Å². The van der Waals surface area contributed by atoms with Crippen molar-refractivity contribution in [1.82, 2.24) is 0 Å². The molecular formula is C12H14FN. The average molecular weight is 191 g/mol. The van der Waals surface area contributed by atoms with Gasteiger partial charge in [0.25, 0.3) is 0 Å². The van der Waals surface area contributed by atoms with Crippen LogP contribution in [0.2, 0.25) is 0 Å². The van der Waals surface area contributed by atoms with Crippen molar-refractivity contribution < 1.29 is 4.39 Å². The monoisotopic (exact) mass is 191 g/mol. The smallest absolute Gasteiger partial charge is 0.141 e. The third-order valence-corrected chi connectivity index (χ3v) is 2.17. The van der Waals surface area contributed by atoms with Crippen LogP contribution in [0.15, 0.2) is 12.1 Å². The lowest BCUT2D eigenvalue weighted by Crippen LogP contribution is -1.99. The minimum atomic E-state index is -0.419. The second kappa shape index (κ2) is 4.23. The van der Waals surface area contributed by atoms with Gasteiger partial charge in [0.15, 0.2) is 0 Å². The maximum Gasteiger partial charge on any atom is 0.141 e. The summed E-state index contributed by atoms with van der Waals surface area (Å²) >= 11 is 0. The molecule has 0 atom stereocenters. The van der Waals surface area contributed by atoms with Gasteiger partial charge >= 0.3 is 0 Å². The van der Waals surface area contributed by atoms with E-state index in [9.17, 15) is 4.39 Å². The Kier molecular flexibility index (Phi) is 3.24. The van der Waals surface area contributed by atoms with Gasteiger partial charge < -0.3 is 0 Å². The van der Waals surface area contributed by atoms with Gasteiger partial charge in [-0.15, -0.1) is 0 Å². The first-order chi connectivity index (χ1) is 6.54. The number of hydrogen-bond donors (Lipinski definition) is 0. The molecule has 0 aliphatic heterocycles. The van der Waals surface area contributed by atoms with Crippen molar-refractivity contribution in [3.8, 4) is 6.07 Å². The molecule has 0 spiro atoms. The van der Waals surface area contributed by atoms with Crippen molar-refractivity contribution >= 4 is 0 Å². The molecule has 1 nitrogen and oxygen atoms in total. The minimum Gasteiger partial charge on any atom is -0.206 e. The molecule has 0 aliphatic rings. The highest BCUT2D eigenvalue weighted by atomic mass is 19.1. The Morgan fingerprint density at radius 1 is 1.43 bits per heavy atom. The van der Waals surface area contributed by atoms with E-state index in [1.54, 1.807) is 6.07 Å². The molecule has 0 N–H and O–H groups in total. The number of aryl methyl sites for hydroxylation is 1. The minimum absolute atomic E-state index is 0.145. The molecule has 0 aromatic heterocycles. The lowest BCUT2D eigenvalue weighted by molar-refractivity contribution is 0.614. The van der Waals surface area contributed by atoms with Gasteiger partial charge in [0.05, 0.1) is 5.56 Å². The van der Waals surface area contributed by atoms with Gasteiger partial charge in [-0.25, -0.2) is 4.39 Å². The van der Waals surface area contributed by atoms with Crippen molar-refractivity contribution in [3.63, 3.8) is 0 Å². The Balaban J connectivity index is 3.12. The number of nitrogens with zero attached hydrogens (tertiary/aromatic N) is 1. The van der Waals surface area contributed by atoms with Crippen molar-refractivity contribution in [1.29, 1.82) is 5.26 Å². The van der Waals surface area contributed by atoms with Crippen LogP contribution < -0.4 is 0 Å². The molecule has 0 heterocycles. The molecule has 0 saturated carbocycles. The second-order valence-electron chi connectivity index (χ2n) is 3.97. The zero-order valence-corrected chi connectivity index (χ0v) is 8.76. The van der Waals surface area contributed by atoms with Crippen LogP contribution in [0.3, 0.4) is 0 Å². The molecule has 1 aromatic rings. The van der Waals surface area contributed by atoms with E-state index in [1.807, 2.05) is 13.0 Å². The second-order valence-corrected chi connectivity index (χ2v) is 3.97. The van der Waals surface area contributed by atoms with E-state index in [2.05, 4.69) is 13.8 Å². The van der Waals surface area contributed by atoms with Crippen LogP contribution in [0.4, 0.5) is 4.39 Å². The Labute approximate surface area is 84.2 Å². The molecular weight excluding hydrogens is 177 g/mol. The van der Waals surface area contributed by atoms with Gasteiger partial charge in [-0.3, -0.25) is 0 Å². The van der Waals surface area contributed by atoms with Crippen LogP contribution in [0.1, 0.15) is 30.5 Å². The van der Waals surface area contributed by atoms with E-state index in [4.69, 9.17) is 5.26 Å². The first kappa shape index (κ1) is 10.7. The van der Waals surface area contributed by atoms with Gasteiger partial charge in [-0.05, 0) is 42.5 Å². The first-order valence-corrected chi connectivity index (χ1v) is 4.73. The van der Waals surface area contributed by atoms with Gasteiger partial charge in [-0.2, -0.15) is 5.26 Å². The maximum absolute atomic E-state index is 13.1. The van der Waals surface area contributed by atoms with E-state index >= 15 is 0 Å². The molecule has 0 saturated heterocycles. The van der Waals surface area contributed by atoms with E-state index in [0.717, 1.165) is 17.5 Å². The highest BCUT2D eigenvalue weighted by Crippen LogP contribution is 2.17. The summed E-state index contributed by atoms with van der Waals surface area (Å²) in [5.41, 5.74) is 2.14. The highest BCUT2D eigenvalue weighted by Gasteiger charge is 2.07. The normalized spacial score (nSPS) is 10.3. The predicted octanol–water partition coefficient (Wildman–Crippen LogP) is 3.20. The molecule has 74 valence electrons. The quantitative estimate of drug-likeness (QED) is 0.704. The van der Waals surface area contributed by atoms with Gasteiger partial charge in [0.2, 0.25) is 0 Å². The SMILES string of the molecule is Cc1cc(F)c(C#N)cc1CC(C)C. The third-order valence-electron chi connectivity index (χ3n) is 2.17. The summed E-state index contributed by atoms with van der Waals surface area (Å²) in [5.74, 6) is 0.100. The van der Waals surface area contributed by atoms with E-state index < -0.39 is 5.82 Å². The molecule has 2 heteroatoms. The molecule has 0 radical (unpaired) electrons. The fourth-order valence-corrected chi connectivity index (χ4v) is 1.46. The summed E-state index contributed by atoms with van der Waals surface area (Å²) in [4.78, 5) is 0. The Morgan fingerprint density at radius 3 is 2.57 bits per heavy atom. The molecule has 0 aliphatic carbocycles. The van der Waals surface area contributed by atoms with Gasteiger partial charge in [0, 0.05) is 0 Å². The molecule has 0 unspecified atom stereocenters. The van der Waals surface area contributed by atoms with Crippen molar-refractivity contribution in [2.24, 2.45) is 5.92 Å². The molecule has 1 aromatic carbocycles. The zero-order chi connectivity index (χ0) is 10.7. The lowest BCUT2D eigenvalue weighted by Gasteiger charge is -2.09. The van der Waals surface area contributed by atoms with E-state index in [0.29, 0.717) is 5.92 Å².